The van der Waals surface area contributed by atoms with Crippen molar-refractivity contribution >= 4 is 12.0 Å². The van der Waals surface area contributed by atoms with Gasteiger partial charge in [0.25, 0.3) is 0 Å². The molecule has 0 fully saturated rings. The predicted octanol–water partition coefficient (Wildman–Crippen LogP) is 2.75. The van der Waals surface area contributed by atoms with Crippen molar-refractivity contribution in [1.82, 2.24) is 10.6 Å². The molecular formula is C18H26N2O3. The quantitative estimate of drug-likeness (QED) is 0.839. The maximum atomic E-state index is 12.4. The Morgan fingerprint density at radius 2 is 1.87 bits per heavy atom. The van der Waals surface area contributed by atoms with Gasteiger partial charge in [0, 0.05) is 13.1 Å². The molecule has 0 spiro atoms. The average Bonchev–Trinajstić information content (AvgIpc) is 2.49. The fraction of sp³-hybridized carbons (Fsp3) is 0.556. The molecule has 5 heteroatoms. The number of fused-ring (bicyclic) bond motifs is 1. The number of hydrogen-bond donors (Lipinski definition) is 2. The van der Waals surface area contributed by atoms with E-state index in [4.69, 9.17) is 4.74 Å². The van der Waals surface area contributed by atoms with Gasteiger partial charge in [-0.3, -0.25) is 4.79 Å². The average molecular weight is 318 g/mol. The Morgan fingerprint density at radius 1 is 1.17 bits per heavy atom. The van der Waals surface area contributed by atoms with Gasteiger partial charge >= 0.3 is 6.09 Å². The summed E-state index contributed by atoms with van der Waals surface area (Å²) < 4.78 is 5.14. The van der Waals surface area contributed by atoms with E-state index in [0.717, 1.165) is 24.8 Å². The van der Waals surface area contributed by atoms with Crippen molar-refractivity contribution in [3.05, 3.63) is 35.4 Å². The highest BCUT2D eigenvalue weighted by Gasteiger charge is 2.25. The molecule has 1 unspecified atom stereocenters. The van der Waals surface area contributed by atoms with Gasteiger partial charge < -0.3 is 15.4 Å². The third-order valence-electron chi connectivity index (χ3n) is 3.78. The van der Waals surface area contributed by atoms with Gasteiger partial charge in [0.15, 0.2) is 0 Å². The SMILES string of the molecule is CC(C)(C)OC(=O)NCCNC(=O)C1CCCc2ccccc21. The van der Waals surface area contributed by atoms with Crippen LogP contribution in [0.5, 0.6) is 0 Å². The Balaban J connectivity index is 1.77. The highest BCUT2D eigenvalue weighted by molar-refractivity contribution is 5.84. The number of ether oxygens (including phenoxy) is 1. The summed E-state index contributed by atoms with van der Waals surface area (Å²) >= 11 is 0. The second-order valence-electron chi connectivity index (χ2n) is 6.86. The molecule has 1 aromatic rings. The van der Waals surface area contributed by atoms with Crippen molar-refractivity contribution in [3.63, 3.8) is 0 Å². The zero-order chi connectivity index (χ0) is 16.9. The molecule has 2 amide bonds. The van der Waals surface area contributed by atoms with Crippen molar-refractivity contribution in [2.24, 2.45) is 0 Å². The number of aryl methyl sites for hydroxylation is 1. The Bertz CT molecular complexity index is 564. The molecule has 23 heavy (non-hydrogen) atoms. The van der Waals surface area contributed by atoms with Crippen LogP contribution in [0.2, 0.25) is 0 Å². The minimum absolute atomic E-state index is 0.0307. The lowest BCUT2D eigenvalue weighted by molar-refractivity contribution is -0.122. The zero-order valence-corrected chi connectivity index (χ0v) is 14.1. The van der Waals surface area contributed by atoms with Gasteiger partial charge in [-0.05, 0) is 51.2 Å². The summed E-state index contributed by atoms with van der Waals surface area (Å²) in [7, 11) is 0. The van der Waals surface area contributed by atoms with Gasteiger partial charge in [0.1, 0.15) is 5.60 Å². The molecule has 2 rings (SSSR count). The third-order valence-corrected chi connectivity index (χ3v) is 3.78. The van der Waals surface area contributed by atoms with Crippen LogP contribution in [0.15, 0.2) is 24.3 Å². The molecule has 0 saturated carbocycles. The second-order valence-corrected chi connectivity index (χ2v) is 6.86. The summed E-state index contributed by atoms with van der Waals surface area (Å²) in [4.78, 5) is 23.9. The van der Waals surface area contributed by atoms with Gasteiger partial charge in [0.05, 0.1) is 5.92 Å². The van der Waals surface area contributed by atoms with Crippen molar-refractivity contribution in [3.8, 4) is 0 Å². The Morgan fingerprint density at radius 3 is 2.61 bits per heavy atom. The van der Waals surface area contributed by atoms with Crippen LogP contribution in [0, 0.1) is 0 Å². The largest absolute Gasteiger partial charge is 0.444 e. The standard InChI is InChI=1S/C18H26N2O3/c1-18(2,3)23-17(22)20-12-11-19-16(21)15-10-6-8-13-7-4-5-9-14(13)15/h4-5,7,9,15H,6,8,10-12H2,1-3H3,(H,19,21)(H,20,22). The van der Waals surface area contributed by atoms with E-state index in [1.807, 2.05) is 39.0 Å². The molecule has 0 saturated heterocycles. The molecule has 5 nitrogen and oxygen atoms in total. The van der Waals surface area contributed by atoms with Crippen molar-refractivity contribution in [2.45, 2.75) is 51.6 Å². The van der Waals surface area contributed by atoms with Crippen LogP contribution < -0.4 is 10.6 Å². The van der Waals surface area contributed by atoms with Gasteiger partial charge in [-0.25, -0.2) is 4.79 Å². The van der Waals surface area contributed by atoms with Crippen LogP contribution in [0.4, 0.5) is 4.79 Å². The summed E-state index contributed by atoms with van der Waals surface area (Å²) in [5.41, 5.74) is 1.89. The monoisotopic (exact) mass is 318 g/mol. The van der Waals surface area contributed by atoms with Gasteiger partial charge in [0.2, 0.25) is 5.91 Å². The van der Waals surface area contributed by atoms with Crippen molar-refractivity contribution < 1.29 is 14.3 Å². The first kappa shape index (κ1) is 17.3. The van der Waals surface area contributed by atoms with Crippen LogP contribution in [-0.4, -0.2) is 30.7 Å². The number of benzene rings is 1. The van der Waals surface area contributed by atoms with E-state index >= 15 is 0 Å². The molecule has 0 aliphatic heterocycles. The summed E-state index contributed by atoms with van der Waals surface area (Å²) in [6.07, 6.45) is 2.49. The molecule has 0 heterocycles. The normalized spacial score (nSPS) is 17.1. The van der Waals surface area contributed by atoms with E-state index in [1.165, 1.54) is 5.56 Å². The first-order valence-corrected chi connectivity index (χ1v) is 8.19. The Kier molecular flexibility index (Phi) is 5.64. The lowest BCUT2D eigenvalue weighted by atomic mass is 9.82. The van der Waals surface area contributed by atoms with Crippen molar-refractivity contribution in [2.75, 3.05) is 13.1 Å². The van der Waals surface area contributed by atoms with E-state index in [1.54, 1.807) is 0 Å². The first-order chi connectivity index (χ1) is 10.9. The molecule has 1 atom stereocenters. The first-order valence-electron chi connectivity index (χ1n) is 8.19. The third kappa shape index (κ3) is 5.27. The van der Waals surface area contributed by atoms with Crippen LogP contribution in [-0.2, 0) is 16.0 Å². The summed E-state index contributed by atoms with van der Waals surface area (Å²) in [5, 5.41) is 5.54. The number of alkyl carbamates (subject to hydrolysis) is 1. The molecule has 0 radical (unpaired) electrons. The molecule has 0 bridgehead atoms. The molecule has 2 N–H and O–H groups in total. The molecule has 1 aliphatic carbocycles. The van der Waals surface area contributed by atoms with Crippen molar-refractivity contribution in [1.29, 1.82) is 0 Å². The Labute approximate surface area is 137 Å². The van der Waals surface area contributed by atoms with E-state index in [2.05, 4.69) is 16.7 Å². The van der Waals surface area contributed by atoms with E-state index in [9.17, 15) is 9.59 Å². The number of amides is 2. The zero-order valence-electron chi connectivity index (χ0n) is 14.1. The minimum atomic E-state index is -0.515. The number of nitrogens with one attached hydrogen (secondary N) is 2. The molecule has 1 aromatic carbocycles. The van der Waals surface area contributed by atoms with Crippen LogP contribution in [0.1, 0.15) is 50.7 Å². The molecule has 0 aromatic heterocycles. The fourth-order valence-electron chi connectivity index (χ4n) is 2.81. The molecule has 126 valence electrons. The summed E-state index contributed by atoms with van der Waals surface area (Å²) in [6, 6.07) is 8.13. The molecule has 1 aliphatic rings. The Hall–Kier alpha value is -2.04. The molecular weight excluding hydrogens is 292 g/mol. The fourth-order valence-corrected chi connectivity index (χ4v) is 2.81. The van der Waals surface area contributed by atoms with E-state index < -0.39 is 11.7 Å². The lowest BCUT2D eigenvalue weighted by Crippen LogP contribution is -2.39. The van der Waals surface area contributed by atoms with Gasteiger partial charge in [-0.2, -0.15) is 0 Å². The van der Waals surface area contributed by atoms with Crippen LogP contribution >= 0.6 is 0 Å². The van der Waals surface area contributed by atoms with Crippen LogP contribution in [0.25, 0.3) is 0 Å². The highest BCUT2D eigenvalue weighted by atomic mass is 16.6. The number of carbonyl (C=O) groups excluding carboxylic acids is 2. The van der Waals surface area contributed by atoms with Gasteiger partial charge in [-0.15, -0.1) is 0 Å². The number of hydrogen-bond acceptors (Lipinski definition) is 3. The van der Waals surface area contributed by atoms with Crippen LogP contribution in [0.3, 0.4) is 0 Å². The van der Waals surface area contributed by atoms with E-state index in [0.29, 0.717) is 13.1 Å². The predicted molar refractivity (Wildman–Crippen MR) is 89.4 cm³/mol. The maximum Gasteiger partial charge on any atom is 0.407 e. The van der Waals surface area contributed by atoms with Gasteiger partial charge in [-0.1, -0.05) is 24.3 Å². The highest BCUT2D eigenvalue weighted by Crippen LogP contribution is 2.31. The second kappa shape index (κ2) is 7.49. The summed E-state index contributed by atoms with van der Waals surface area (Å²) in [5.74, 6) is -0.0513. The smallest absolute Gasteiger partial charge is 0.407 e. The number of rotatable bonds is 4. The van der Waals surface area contributed by atoms with E-state index in [-0.39, 0.29) is 11.8 Å². The lowest BCUT2D eigenvalue weighted by Gasteiger charge is -2.24. The minimum Gasteiger partial charge on any atom is -0.444 e. The maximum absolute atomic E-state index is 12.4. The summed E-state index contributed by atoms with van der Waals surface area (Å²) in [6.45, 7) is 6.20. The number of carbonyl (C=O) groups is 2. The topological polar surface area (TPSA) is 67.4 Å².